The van der Waals surface area contributed by atoms with E-state index in [2.05, 4.69) is 15.4 Å². The molecule has 1 fully saturated rings. The van der Waals surface area contributed by atoms with Gasteiger partial charge in [0.2, 0.25) is 5.91 Å². The second kappa shape index (κ2) is 9.29. The highest BCUT2D eigenvalue weighted by atomic mass is 16.2. The van der Waals surface area contributed by atoms with Crippen molar-refractivity contribution in [1.82, 2.24) is 24.6 Å². The van der Waals surface area contributed by atoms with Gasteiger partial charge in [-0.05, 0) is 56.0 Å². The number of fused-ring (bicyclic) bond motifs is 1. The summed E-state index contributed by atoms with van der Waals surface area (Å²) in [5, 5.41) is 8.29. The van der Waals surface area contributed by atoms with Crippen LogP contribution in [0.4, 0.5) is 5.69 Å². The van der Waals surface area contributed by atoms with Gasteiger partial charge in [-0.3, -0.25) is 9.59 Å². The first-order valence-corrected chi connectivity index (χ1v) is 11.9. The molecule has 0 unspecified atom stereocenters. The Morgan fingerprint density at radius 3 is 2.63 bits per heavy atom. The number of hydrogen-bond donors (Lipinski definition) is 1. The Labute approximate surface area is 204 Å². The van der Waals surface area contributed by atoms with Crippen LogP contribution in [0.3, 0.4) is 0 Å². The third-order valence-corrected chi connectivity index (χ3v) is 6.32. The molecule has 1 aromatic carbocycles. The molecule has 1 aliphatic carbocycles. The fourth-order valence-electron chi connectivity index (χ4n) is 4.34. The van der Waals surface area contributed by atoms with Crippen LogP contribution in [0.5, 0.6) is 0 Å². The van der Waals surface area contributed by atoms with Crippen LogP contribution >= 0.6 is 0 Å². The summed E-state index contributed by atoms with van der Waals surface area (Å²) < 4.78 is 1.70. The first-order chi connectivity index (χ1) is 17.0. The number of anilines is 1. The van der Waals surface area contributed by atoms with E-state index in [-0.39, 0.29) is 18.4 Å². The Balaban J connectivity index is 1.47. The van der Waals surface area contributed by atoms with Crippen LogP contribution in [0.1, 0.15) is 53.0 Å². The zero-order chi connectivity index (χ0) is 24.5. The van der Waals surface area contributed by atoms with Crippen molar-refractivity contribution >= 4 is 28.5 Å². The highest BCUT2D eigenvalue weighted by Crippen LogP contribution is 2.40. The Morgan fingerprint density at radius 1 is 1.14 bits per heavy atom. The molecule has 0 saturated heterocycles. The van der Waals surface area contributed by atoms with E-state index in [4.69, 9.17) is 4.98 Å². The lowest BCUT2D eigenvalue weighted by atomic mass is 10.1. The van der Waals surface area contributed by atoms with Crippen molar-refractivity contribution < 1.29 is 9.59 Å². The molecule has 0 spiro atoms. The number of amides is 2. The molecule has 0 atom stereocenters. The maximum atomic E-state index is 13.6. The van der Waals surface area contributed by atoms with Crippen LogP contribution in [0.2, 0.25) is 0 Å². The number of carbonyl (C=O) groups excluding carboxylic acids is 2. The molecule has 5 rings (SSSR count). The average molecular weight is 469 g/mol. The summed E-state index contributed by atoms with van der Waals surface area (Å²) in [6.45, 7) is 3.85. The summed E-state index contributed by atoms with van der Waals surface area (Å²) in [6.07, 6.45) is 4.62. The van der Waals surface area contributed by atoms with Gasteiger partial charge < -0.3 is 10.2 Å². The van der Waals surface area contributed by atoms with Gasteiger partial charge in [0.1, 0.15) is 0 Å². The number of benzene rings is 1. The second-order valence-corrected chi connectivity index (χ2v) is 8.97. The van der Waals surface area contributed by atoms with E-state index in [0.717, 1.165) is 36.2 Å². The Hall–Kier alpha value is -4.07. The van der Waals surface area contributed by atoms with Gasteiger partial charge in [-0.25, -0.2) is 9.97 Å². The summed E-state index contributed by atoms with van der Waals surface area (Å²) in [5.74, 6) is 0.515. The molecule has 2 amide bonds. The van der Waals surface area contributed by atoms with Gasteiger partial charge in [-0.15, -0.1) is 0 Å². The van der Waals surface area contributed by atoms with Crippen LogP contribution in [0.25, 0.3) is 16.9 Å². The molecule has 0 radical (unpaired) electrons. The van der Waals surface area contributed by atoms with Crippen LogP contribution in [-0.2, 0) is 11.2 Å². The fourth-order valence-corrected chi connectivity index (χ4v) is 4.34. The molecule has 8 heteroatoms. The number of nitrogens with one attached hydrogen (secondary N) is 1. The molecule has 1 aliphatic rings. The van der Waals surface area contributed by atoms with Gasteiger partial charge in [0.05, 0.1) is 23.2 Å². The molecular weight excluding hydrogens is 440 g/mol. The number of rotatable bonds is 7. The van der Waals surface area contributed by atoms with E-state index in [1.54, 1.807) is 17.9 Å². The summed E-state index contributed by atoms with van der Waals surface area (Å²) in [4.78, 5) is 37.2. The van der Waals surface area contributed by atoms with Crippen molar-refractivity contribution in [1.29, 1.82) is 0 Å². The third-order valence-electron chi connectivity index (χ3n) is 6.32. The standard InChI is InChI=1S/C27H28N6O2/c1-4-18-9-5-6-10-21(18)29-24(34)16-32(3)27(35)20-15-22(19-12-13-19)30-26-25(20)17(2)31-33(26)23-11-7-8-14-28-23/h5-11,14-15,19H,4,12-13,16H2,1-3H3,(H,29,34). The van der Waals surface area contributed by atoms with Crippen molar-refractivity contribution in [2.75, 3.05) is 18.9 Å². The van der Waals surface area contributed by atoms with Gasteiger partial charge in [0, 0.05) is 30.5 Å². The smallest absolute Gasteiger partial charge is 0.254 e. The van der Waals surface area contributed by atoms with Crippen molar-refractivity contribution in [2.45, 2.75) is 39.0 Å². The monoisotopic (exact) mass is 468 g/mol. The lowest BCUT2D eigenvalue weighted by molar-refractivity contribution is -0.116. The predicted octanol–water partition coefficient (Wildman–Crippen LogP) is 4.27. The van der Waals surface area contributed by atoms with Gasteiger partial charge in [-0.1, -0.05) is 31.2 Å². The normalized spacial score (nSPS) is 13.1. The van der Waals surface area contributed by atoms with E-state index in [0.29, 0.717) is 34.0 Å². The fraction of sp³-hybridized carbons (Fsp3) is 0.296. The Kier molecular flexibility index (Phi) is 6.03. The molecule has 4 aromatic rings. The van der Waals surface area contributed by atoms with Crippen molar-refractivity contribution in [3.05, 3.63) is 77.2 Å². The van der Waals surface area contributed by atoms with Gasteiger partial charge >= 0.3 is 0 Å². The molecule has 0 aliphatic heterocycles. The third kappa shape index (κ3) is 4.51. The predicted molar refractivity (Wildman–Crippen MR) is 135 cm³/mol. The number of nitrogens with zero attached hydrogens (tertiary/aromatic N) is 5. The Bertz CT molecular complexity index is 1410. The zero-order valence-electron chi connectivity index (χ0n) is 20.2. The number of hydrogen-bond acceptors (Lipinski definition) is 5. The number of pyridine rings is 2. The molecule has 35 heavy (non-hydrogen) atoms. The van der Waals surface area contributed by atoms with Gasteiger partial charge in [-0.2, -0.15) is 9.78 Å². The number of likely N-dealkylation sites (N-methyl/N-ethyl adjacent to an activating group) is 1. The first kappa shape index (κ1) is 22.7. The molecule has 1 N–H and O–H groups in total. The maximum Gasteiger partial charge on any atom is 0.254 e. The quantitative estimate of drug-likeness (QED) is 0.437. The number of aryl methyl sites for hydroxylation is 2. The molecular formula is C27H28N6O2. The summed E-state index contributed by atoms with van der Waals surface area (Å²) >= 11 is 0. The zero-order valence-corrected chi connectivity index (χ0v) is 20.2. The lowest BCUT2D eigenvalue weighted by Crippen LogP contribution is -2.35. The first-order valence-electron chi connectivity index (χ1n) is 11.9. The van der Waals surface area contributed by atoms with Crippen molar-refractivity contribution in [3.8, 4) is 5.82 Å². The molecule has 0 bridgehead atoms. The van der Waals surface area contributed by atoms with E-state index in [1.165, 1.54) is 4.90 Å². The molecule has 8 nitrogen and oxygen atoms in total. The van der Waals surface area contributed by atoms with Crippen LogP contribution < -0.4 is 5.32 Å². The Morgan fingerprint density at radius 2 is 1.91 bits per heavy atom. The number of para-hydroxylation sites is 1. The minimum absolute atomic E-state index is 0.0626. The molecule has 1 saturated carbocycles. The maximum absolute atomic E-state index is 13.6. The van der Waals surface area contributed by atoms with E-state index in [9.17, 15) is 9.59 Å². The molecule has 3 heterocycles. The largest absolute Gasteiger partial charge is 0.332 e. The van der Waals surface area contributed by atoms with Gasteiger partial charge in [0.15, 0.2) is 11.5 Å². The molecule has 178 valence electrons. The van der Waals surface area contributed by atoms with E-state index >= 15 is 0 Å². The van der Waals surface area contributed by atoms with Gasteiger partial charge in [0.25, 0.3) is 5.91 Å². The lowest BCUT2D eigenvalue weighted by Gasteiger charge is -2.19. The summed E-state index contributed by atoms with van der Waals surface area (Å²) in [7, 11) is 1.65. The summed E-state index contributed by atoms with van der Waals surface area (Å²) in [6, 6.07) is 15.2. The number of carbonyl (C=O) groups is 2. The second-order valence-electron chi connectivity index (χ2n) is 8.97. The van der Waals surface area contributed by atoms with Crippen LogP contribution in [0.15, 0.2) is 54.7 Å². The van der Waals surface area contributed by atoms with E-state index in [1.807, 2.05) is 62.4 Å². The average Bonchev–Trinajstić information content (AvgIpc) is 3.67. The van der Waals surface area contributed by atoms with Crippen LogP contribution in [0, 0.1) is 6.92 Å². The van der Waals surface area contributed by atoms with E-state index < -0.39 is 0 Å². The topological polar surface area (TPSA) is 93.0 Å². The SMILES string of the molecule is CCc1ccccc1NC(=O)CN(C)C(=O)c1cc(C2CC2)nc2c1c(C)nn2-c1ccccn1. The highest BCUT2D eigenvalue weighted by Gasteiger charge is 2.30. The van der Waals surface area contributed by atoms with Crippen molar-refractivity contribution in [2.24, 2.45) is 0 Å². The minimum atomic E-state index is -0.240. The highest BCUT2D eigenvalue weighted by molar-refractivity contribution is 6.08. The molecule has 3 aromatic heterocycles. The number of aromatic nitrogens is 4. The minimum Gasteiger partial charge on any atom is -0.332 e. The summed E-state index contributed by atoms with van der Waals surface area (Å²) in [5.41, 5.74) is 4.53. The van der Waals surface area contributed by atoms with Crippen LogP contribution in [-0.4, -0.2) is 50.1 Å². The van der Waals surface area contributed by atoms with Crippen molar-refractivity contribution in [3.63, 3.8) is 0 Å².